The third kappa shape index (κ3) is 5.10. The zero-order chi connectivity index (χ0) is 16.9. The highest BCUT2D eigenvalue weighted by Gasteiger charge is 2.20. The lowest BCUT2D eigenvalue weighted by molar-refractivity contribution is -0.119. The zero-order valence-corrected chi connectivity index (χ0v) is 14.0. The normalized spacial score (nSPS) is 11.0. The highest BCUT2D eigenvalue weighted by molar-refractivity contribution is 7.92. The van der Waals surface area contributed by atoms with Crippen molar-refractivity contribution >= 4 is 21.6 Å². The molecule has 0 heterocycles. The van der Waals surface area contributed by atoms with Crippen molar-refractivity contribution < 1.29 is 13.2 Å². The minimum Gasteiger partial charge on any atom is -0.350 e. The van der Waals surface area contributed by atoms with Gasteiger partial charge in [0.05, 0.1) is 11.9 Å². The van der Waals surface area contributed by atoms with Crippen molar-refractivity contribution in [2.75, 3.05) is 17.1 Å². The molecule has 0 atom stereocenters. The standard InChI is InChI=1S/C17H20N2O3S/c1-14-7-6-8-15(11-14)12-18-17(20)13-19(23(2,21)22)16-9-4-3-5-10-16/h3-11H,12-13H2,1-2H3,(H,18,20). The van der Waals surface area contributed by atoms with Crippen LogP contribution in [-0.2, 0) is 21.4 Å². The van der Waals surface area contributed by atoms with Crippen LogP contribution >= 0.6 is 0 Å². The van der Waals surface area contributed by atoms with E-state index in [2.05, 4.69) is 5.32 Å². The highest BCUT2D eigenvalue weighted by Crippen LogP contribution is 2.16. The molecule has 122 valence electrons. The fourth-order valence-corrected chi connectivity index (χ4v) is 3.06. The summed E-state index contributed by atoms with van der Waals surface area (Å²) >= 11 is 0. The summed E-state index contributed by atoms with van der Waals surface area (Å²) in [6.45, 7) is 2.10. The number of carbonyl (C=O) groups is 1. The van der Waals surface area contributed by atoms with E-state index in [4.69, 9.17) is 0 Å². The van der Waals surface area contributed by atoms with E-state index < -0.39 is 10.0 Å². The maximum absolute atomic E-state index is 12.1. The Kier molecular flexibility index (Phi) is 5.39. The largest absolute Gasteiger partial charge is 0.350 e. The van der Waals surface area contributed by atoms with Crippen LogP contribution in [-0.4, -0.2) is 27.1 Å². The van der Waals surface area contributed by atoms with Crippen molar-refractivity contribution in [3.05, 3.63) is 65.7 Å². The van der Waals surface area contributed by atoms with Crippen LogP contribution in [0.2, 0.25) is 0 Å². The lowest BCUT2D eigenvalue weighted by Crippen LogP contribution is -2.40. The molecule has 0 saturated heterocycles. The van der Waals surface area contributed by atoms with E-state index in [1.165, 1.54) is 0 Å². The molecule has 2 aromatic carbocycles. The number of hydrogen-bond acceptors (Lipinski definition) is 3. The van der Waals surface area contributed by atoms with Crippen molar-refractivity contribution in [1.82, 2.24) is 5.32 Å². The molecule has 1 amide bonds. The molecular weight excluding hydrogens is 312 g/mol. The minimum absolute atomic E-state index is 0.241. The number of para-hydroxylation sites is 1. The topological polar surface area (TPSA) is 66.5 Å². The lowest BCUT2D eigenvalue weighted by atomic mass is 10.1. The van der Waals surface area contributed by atoms with Crippen molar-refractivity contribution in [3.63, 3.8) is 0 Å². The Morgan fingerprint density at radius 3 is 2.39 bits per heavy atom. The third-order valence-corrected chi connectivity index (χ3v) is 4.44. The van der Waals surface area contributed by atoms with Gasteiger partial charge >= 0.3 is 0 Å². The lowest BCUT2D eigenvalue weighted by Gasteiger charge is -2.21. The first-order valence-corrected chi connectivity index (χ1v) is 9.06. The molecule has 0 bridgehead atoms. The SMILES string of the molecule is Cc1cccc(CNC(=O)CN(c2ccccc2)S(C)(=O)=O)c1. The quantitative estimate of drug-likeness (QED) is 0.881. The Labute approximate surface area is 137 Å². The predicted octanol–water partition coefficient (Wildman–Crippen LogP) is 2.08. The van der Waals surface area contributed by atoms with Crippen molar-refractivity contribution in [1.29, 1.82) is 0 Å². The maximum Gasteiger partial charge on any atom is 0.241 e. The summed E-state index contributed by atoms with van der Waals surface area (Å²) in [4.78, 5) is 12.1. The number of benzene rings is 2. The number of sulfonamides is 1. The van der Waals surface area contributed by atoms with Gasteiger partial charge in [0.1, 0.15) is 6.54 Å². The maximum atomic E-state index is 12.1. The van der Waals surface area contributed by atoms with Crippen LogP contribution < -0.4 is 9.62 Å². The second kappa shape index (κ2) is 7.28. The molecule has 2 aromatic rings. The smallest absolute Gasteiger partial charge is 0.241 e. The second-order valence-corrected chi connectivity index (χ2v) is 7.28. The molecule has 6 heteroatoms. The second-order valence-electron chi connectivity index (χ2n) is 5.37. The Balaban J connectivity index is 2.04. The monoisotopic (exact) mass is 332 g/mol. The van der Waals surface area contributed by atoms with E-state index in [-0.39, 0.29) is 12.5 Å². The number of amides is 1. The summed E-state index contributed by atoms with van der Waals surface area (Å²) in [6.07, 6.45) is 1.09. The average molecular weight is 332 g/mol. The van der Waals surface area contributed by atoms with Gasteiger partial charge in [-0.05, 0) is 24.6 Å². The van der Waals surface area contributed by atoms with E-state index in [0.717, 1.165) is 21.7 Å². The highest BCUT2D eigenvalue weighted by atomic mass is 32.2. The first-order valence-electron chi connectivity index (χ1n) is 7.21. The van der Waals surface area contributed by atoms with E-state index >= 15 is 0 Å². The number of nitrogens with zero attached hydrogens (tertiary/aromatic N) is 1. The number of aryl methyl sites for hydroxylation is 1. The van der Waals surface area contributed by atoms with Crippen LogP contribution in [0.15, 0.2) is 54.6 Å². The third-order valence-electron chi connectivity index (χ3n) is 3.30. The van der Waals surface area contributed by atoms with Gasteiger partial charge in [0.15, 0.2) is 0 Å². The van der Waals surface area contributed by atoms with E-state index in [9.17, 15) is 13.2 Å². The number of anilines is 1. The molecule has 0 aliphatic rings. The molecule has 0 unspecified atom stereocenters. The zero-order valence-electron chi connectivity index (χ0n) is 13.2. The fraction of sp³-hybridized carbons (Fsp3) is 0.235. The molecule has 2 rings (SSSR count). The van der Waals surface area contributed by atoms with Crippen molar-refractivity contribution in [3.8, 4) is 0 Å². The van der Waals surface area contributed by atoms with E-state index in [1.807, 2.05) is 31.2 Å². The molecular formula is C17H20N2O3S. The number of nitrogens with one attached hydrogen (secondary N) is 1. The van der Waals surface area contributed by atoms with Gasteiger partial charge in [0.25, 0.3) is 0 Å². The predicted molar refractivity (Wildman–Crippen MR) is 91.7 cm³/mol. The summed E-state index contributed by atoms with van der Waals surface area (Å²) in [5, 5.41) is 2.75. The number of rotatable bonds is 6. The Morgan fingerprint density at radius 1 is 1.09 bits per heavy atom. The van der Waals surface area contributed by atoms with Gasteiger partial charge in [-0.15, -0.1) is 0 Å². The van der Waals surface area contributed by atoms with E-state index in [0.29, 0.717) is 12.2 Å². The molecule has 0 radical (unpaired) electrons. The van der Waals surface area contributed by atoms with Gasteiger partial charge in [-0.25, -0.2) is 8.42 Å². The molecule has 0 aliphatic carbocycles. The van der Waals surface area contributed by atoms with Crippen LogP contribution in [0, 0.1) is 6.92 Å². The molecule has 0 aromatic heterocycles. The summed E-state index contributed by atoms with van der Waals surface area (Å²) in [7, 11) is -3.53. The molecule has 0 spiro atoms. The fourth-order valence-electron chi connectivity index (χ4n) is 2.20. The van der Waals surface area contributed by atoms with Gasteiger partial charge in [-0.1, -0.05) is 48.0 Å². The van der Waals surface area contributed by atoms with Crippen molar-refractivity contribution in [2.24, 2.45) is 0 Å². The van der Waals surface area contributed by atoms with Gasteiger partial charge in [0.2, 0.25) is 15.9 Å². The average Bonchev–Trinajstić information content (AvgIpc) is 2.50. The first-order chi connectivity index (χ1) is 10.9. The van der Waals surface area contributed by atoms with Crippen LogP contribution in [0.4, 0.5) is 5.69 Å². The summed E-state index contributed by atoms with van der Waals surface area (Å²) < 4.78 is 25.0. The molecule has 23 heavy (non-hydrogen) atoms. The van der Waals surface area contributed by atoms with Gasteiger partial charge in [0, 0.05) is 6.54 Å². The van der Waals surface area contributed by atoms with Crippen LogP contribution in [0.5, 0.6) is 0 Å². The molecule has 0 saturated carbocycles. The molecule has 5 nitrogen and oxygen atoms in total. The molecule has 0 aliphatic heterocycles. The Hall–Kier alpha value is -2.34. The van der Waals surface area contributed by atoms with Crippen molar-refractivity contribution in [2.45, 2.75) is 13.5 Å². The Bertz CT molecular complexity index is 773. The van der Waals surface area contributed by atoms with Gasteiger partial charge < -0.3 is 5.32 Å². The van der Waals surface area contributed by atoms with Gasteiger partial charge in [-0.3, -0.25) is 9.10 Å². The number of carbonyl (C=O) groups excluding carboxylic acids is 1. The summed E-state index contributed by atoms with van der Waals surface area (Å²) in [5.74, 6) is -0.346. The van der Waals surface area contributed by atoms with Crippen LogP contribution in [0.3, 0.4) is 0 Å². The molecule has 0 fully saturated rings. The summed E-state index contributed by atoms with van der Waals surface area (Å²) in [5.41, 5.74) is 2.56. The van der Waals surface area contributed by atoms with Gasteiger partial charge in [-0.2, -0.15) is 0 Å². The van der Waals surface area contributed by atoms with E-state index in [1.54, 1.807) is 30.3 Å². The first kappa shape index (κ1) is 17.0. The summed E-state index contributed by atoms with van der Waals surface area (Å²) in [6, 6.07) is 16.4. The minimum atomic E-state index is -3.53. The number of hydrogen-bond donors (Lipinski definition) is 1. The van der Waals surface area contributed by atoms with Crippen LogP contribution in [0.1, 0.15) is 11.1 Å². The Morgan fingerprint density at radius 2 is 1.78 bits per heavy atom. The molecule has 1 N–H and O–H groups in total. The van der Waals surface area contributed by atoms with Crippen LogP contribution in [0.25, 0.3) is 0 Å².